The molecule has 3 rings (SSSR count). The maximum absolute atomic E-state index is 5.39. The third kappa shape index (κ3) is 3.30. The zero-order valence-corrected chi connectivity index (χ0v) is 13.1. The molecule has 112 valence electrons. The van der Waals surface area contributed by atoms with Gasteiger partial charge in [0.1, 0.15) is 0 Å². The van der Waals surface area contributed by atoms with Gasteiger partial charge in [-0.2, -0.15) is 15.0 Å². The third-order valence-corrected chi connectivity index (χ3v) is 4.21. The highest BCUT2D eigenvalue weighted by atomic mass is 32.1. The van der Waals surface area contributed by atoms with Crippen molar-refractivity contribution in [2.45, 2.75) is 13.8 Å². The van der Waals surface area contributed by atoms with E-state index in [1.165, 1.54) is 4.88 Å². The fourth-order valence-corrected chi connectivity index (χ4v) is 2.97. The van der Waals surface area contributed by atoms with Crippen molar-refractivity contribution in [1.82, 2.24) is 15.0 Å². The van der Waals surface area contributed by atoms with Crippen LogP contribution in [0.25, 0.3) is 10.7 Å². The summed E-state index contributed by atoms with van der Waals surface area (Å²) in [4.78, 5) is 18.2. The number of nitrogens with one attached hydrogen (secondary N) is 1. The first-order chi connectivity index (χ1) is 10.3. The van der Waals surface area contributed by atoms with E-state index in [9.17, 15) is 0 Å². The molecular weight excluding hydrogens is 286 g/mol. The second-order valence-electron chi connectivity index (χ2n) is 4.82. The van der Waals surface area contributed by atoms with Crippen LogP contribution < -0.4 is 10.2 Å². The van der Waals surface area contributed by atoms with Gasteiger partial charge in [-0.1, -0.05) is 0 Å². The van der Waals surface area contributed by atoms with Crippen molar-refractivity contribution < 1.29 is 4.74 Å². The minimum absolute atomic E-state index is 0.634. The highest BCUT2D eigenvalue weighted by molar-refractivity contribution is 7.15. The van der Waals surface area contributed by atoms with Crippen LogP contribution in [0.2, 0.25) is 0 Å². The first kappa shape index (κ1) is 14.2. The number of hydrogen-bond acceptors (Lipinski definition) is 7. The largest absolute Gasteiger partial charge is 0.378 e. The van der Waals surface area contributed by atoms with Gasteiger partial charge in [0, 0.05) is 24.5 Å². The van der Waals surface area contributed by atoms with E-state index >= 15 is 0 Å². The van der Waals surface area contributed by atoms with Crippen LogP contribution >= 0.6 is 11.3 Å². The molecule has 0 saturated carbocycles. The van der Waals surface area contributed by atoms with Crippen molar-refractivity contribution in [3.8, 4) is 10.7 Å². The number of thiophene rings is 1. The molecule has 1 aliphatic heterocycles. The lowest BCUT2D eigenvalue weighted by atomic mass is 10.4. The molecule has 3 heterocycles. The maximum Gasteiger partial charge on any atom is 0.230 e. The van der Waals surface area contributed by atoms with Gasteiger partial charge in [0.25, 0.3) is 0 Å². The molecule has 6 nitrogen and oxygen atoms in total. The number of ether oxygens (including phenoxy) is 1. The monoisotopic (exact) mass is 305 g/mol. The van der Waals surface area contributed by atoms with Gasteiger partial charge in [-0.3, -0.25) is 0 Å². The Hall–Kier alpha value is -1.73. The van der Waals surface area contributed by atoms with Crippen molar-refractivity contribution >= 4 is 23.2 Å². The van der Waals surface area contributed by atoms with E-state index in [2.05, 4.69) is 44.2 Å². The zero-order chi connectivity index (χ0) is 14.7. The summed E-state index contributed by atoms with van der Waals surface area (Å²) in [5, 5.41) is 3.19. The van der Waals surface area contributed by atoms with E-state index < -0.39 is 0 Å². The summed E-state index contributed by atoms with van der Waals surface area (Å²) in [7, 11) is 0. The van der Waals surface area contributed by atoms with Gasteiger partial charge >= 0.3 is 0 Å². The molecule has 0 atom stereocenters. The van der Waals surface area contributed by atoms with Crippen molar-refractivity contribution in [2.24, 2.45) is 0 Å². The van der Waals surface area contributed by atoms with Gasteiger partial charge in [-0.05, 0) is 26.0 Å². The molecule has 1 saturated heterocycles. The molecule has 0 spiro atoms. The highest BCUT2D eigenvalue weighted by Gasteiger charge is 2.17. The molecule has 1 aliphatic rings. The predicted molar refractivity (Wildman–Crippen MR) is 85.1 cm³/mol. The van der Waals surface area contributed by atoms with E-state index in [1.807, 2.05) is 6.92 Å². The topological polar surface area (TPSA) is 63.2 Å². The fourth-order valence-electron chi connectivity index (χ4n) is 2.17. The van der Waals surface area contributed by atoms with Gasteiger partial charge in [0.15, 0.2) is 5.82 Å². The lowest BCUT2D eigenvalue weighted by Gasteiger charge is -2.27. The summed E-state index contributed by atoms with van der Waals surface area (Å²) in [5.74, 6) is 2.10. The van der Waals surface area contributed by atoms with E-state index in [4.69, 9.17) is 4.74 Å². The van der Waals surface area contributed by atoms with Crippen LogP contribution in [-0.4, -0.2) is 47.8 Å². The van der Waals surface area contributed by atoms with Crippen LogP contribution in [0.4, 0.5) is 11.9 Å². The molecule has 1 fully saturated rings. The minimum atomic E-state index is 0.634. The highest BCUT2D eigenvalue weighted by Crippen LogP contribution is 2.26. The number of anilines is 2. The van der Waals surface area contributed by atoms with E-state index in [0.717, 1.165) is 49.5 Å². The number of rotatable bonds is 4. The second-order valence-corrected chi connectivity index (χ2v) is 6.11. The van der Waals surface area contributed by atoms with Crippen LogP contribution in [0.5, 0.6) is 0 Å². The molecule has 0 unspecified atom stereocenters. The molecule has 21 heavy (non-hydrogen) atoms. The number of morpholine rings is 1. The summed E-state index contributed by atoms with van der Waals surface area (Å²) >= 11 is 1.70. The Balaban J connectivity index is 1.96. The normalized spacial score (nSPS) is 15.2. The van der Waals surface area contributed by atoms with Gasteiger partial charge in [-0.25, -0.2) is 0 Å². The molecule has 1 N–H and O–H groups in total. The lowest BCUT2D eigenvalue weighted by molar-refractivity contribution is 0.122. The van der Waals surface area contributed by atoms with E-state index in [1.54, 1.807) is 11.3 Å². The van der Waals surface area contributed by atoms with Crippen molar-refractivity contribution in [3.05, 3.63) is 17.0 Å². The van der Waals surface area contributed by atoms with Crippen LogP contribution in [0.3, 0.4) is 0 Å². The average Bonchev–Trinajstić information content (AvgIpc) is 2.95. The summed E-state index contributed by atoms with van der Waals surface area (Å²) in [5.41, 5.74) is 0. The van der Waals surface area contributed by atoms with Gasteiger partial charge in [0.05, 0.1) is 18.1 Å². The molecule has 0 radical (unpaired) electrons. The predicted octanol–water partition coefficient (Wildman–Crippen LogP) is 2.18. The Kier molecular flexibility index (Phi) is 4.31. The quantitative estimate of drug-likeness (QED) is 0.934. The van der Waals surface area contributed by atoms with E-state index in [-0.39, 0.29) is 0 Å². The number of aryl methyl sites for hydroxylation is 1. The van der Waals surface area contributed by atoms with Crippen LogP contribution in [-0.2, 0) is 4.74 Å². The molecule has 2 aromatic rings. The second kappa shape index (κ2) is 6.36. The Morgan fingerprint density at radius 3 is 2.71 bits per heavy atom. The first-order valence-electron chi connectivity index (χ1n) is 7.15. The van der Waals surface area contributed by atoms with Crippen LogP contribution in [0.15, 0.2) is 12.1 Å². The molecule has 0 amide bonds. The maximum atomic E-state index is 5.39. The van der Waals surface area contributed by atoms with Gasteiger partial charge in [-0.15, -0.1) is 11.3 Å². The Morgan fingerprint density at radius 1 is 1.24 bits per heavy atom. The fraction of sp³-hybridized carbons (Fsp3) is 0.500. The van der Waals surface area contributed by atoms with Crippen LogP contribution in [0, 0.1) is 6.92 Å². The summed E-state index contributed by atoms with van der Waals surface area (Å²) < 4.78 is 5.39. The molecular formula is C14H19N5OS. The van der Waals surface area contributed by atoms with Crippen molar-refractivity contribution in [2.75, 3.05) is 43.1 Å². The summed E-state index contributed by atoms with van der Waals surface area (Å²) in [6.07, 6.45) is 0. The number of aromatic nitrogens is 3. The Morgan fingerprint density at radius 2 is 2.05 bits per heavy atom. The van der Waals surface area contributed by atoms with Crippen molar-refractivity contribution in [1.29, 1.82) is 0 Å². The minimum Gasteiger partial charge on any atom is -0.378 e. The number of nitrogens with zero attached hydrogens (tertiary/aromatic N) is 4. The molecule has 0 bridgehead atoms. The standard InChI is InChI=1S/C14H19N5OS/c1-3-15-13-16-12(11-5-4-10(2)21-11)17-14(18-13)19-6-8-20-9-7-19/h4-5H,3,6-9H2,1-2H3,(H,15,16,17,18). The Labute approximate surface area is 128 Å². The van der Waals surface area contributed by atoms with Crippen molar-refractivity contribution in [3.63, 3.8) is 0 Å². The first-order valence-corrected chi connectivity index (χ1v) is 7.97. The molecule has 7 heteroatoms. The molecule has 0 aromatic carbocycles. The number of hydrogen-bond donors (Lipinski definition) is 1. The van der Waals surface area contributed by atoms with Gasteiger partial charge in [0.2, 0.25) is 11.9 Å². The third-order valence-electron chi connectivity index (χ3n) is 3.21. The molecule has 2 aromatic heterocycles. The zero-order valence-electron chi connectivity index (χ0n) is 12.3. The molecule has 0 aliphatic carbocycles. The Bertz CT molecular complexity index is 609. The van der Waals surface area contributed by atoms with Gasteiger partial charge < -0.3 is 15.0 Å². The van der Waals surface area contributed by atoms with Crippen LogP contribution in [0.1, 0.15) is 11.8 Å². The summed E-state index contributed by atoms with van der Waals surface area (Å²) in [6.45, 7) is 7.98. The average molecular weight is 305 g/mol. The summed E-state index contributed by atoms with van der Waals surface area (Å²) in [6, 6.07) is 4.15. The van der Waals surface area contributed by atoms with E-state index in [0.29, 0.717) is 5.95 Å². The SMILES string of the molecule is CCNc1nc(-c2ccc(C)s2)nc(N2CCOCC2)n1. The lowest BCUT2D eigenvalue weighted by Crippen LogP contribution is -2.37. The smallest absolute Gasteiger partial charge is 0.230 e.